The Kier molecular flexibility index (Phi) is 6.23. The van der Waals surface area contributed by atoms with Crippen molar-refractivity contribution in [3.63, 3.8) is 0 Å². The summed E-state index contributed by atoms with van der Waals surface area (Å²) in [6.07, 6.45) is 8.23. The van der Waals surface area contributed by atoms with Gasteiger partial charge in [0.1, 0.15) is 19.0 Å². The number of aromatic nitrogens is 1. The molecule has 1 saturated heterocycles. The van der Waals surface area contributed by atoms with Crippen molar-refractivity contribution < 1.29 is 18.9 Å². The predicted octanol–water partition coefficient (Wildman–Crippen LogP) is 4.37. The van der Waals surface area contributed by atoms with Crippen molar-refractivity contribution >= 4 is 17.0 Å². The molecule has 0 unspecified atom stereocenters. The molecule has 0 aliphatic carbocycles. The van der Waals surface area contributed by atoms with Crippen LogP contribution < -0.4 is 19.5 Å². The van der Waals surface area contributed by atoms with Crippen LogP contribution in [0.15, 0.2) is 54.7 Å². The molecule has 2 aromatic carbocycles. The van der Waals surface area contributed by atoms with Gasteiger partial charge in [0.25, 0.3) is 0 Å². The minimum absolute atomic E-state index is 0.121. The van der Waals surface area contributed by atoms with Crippen molar-refractivity contribution in [3.8, 4) is 17.2 Å². The first kappa shape index (κ1) is 20.8. The Hall–Kier alpha value is -3.09. The summed E-state index contributed by atoms with van der Waals surface area (Å²) in [5.41, 5.74) is 3.27. The Balaban J connectivity index is 1.15. The molecular formula is C26H28N2O4. The highest BCUT2D eigenvalue weighted by Gasteiger charge is 2.20. The number of nitrogens with one attached hydrogen (secondary N) is 1. The van der Waals surface area contributed by atoms with Crippen molar-refractivity contribution in [2.24, 2.45) is 0 Å². The molecule has 1 fully saturated rings. The summed E-state index contributed by atoms with van der Waals surface area (Å²) in [6, 6.07) is 14.7. The average Bonchev–Trinajstić information content (AvgIpc) is 2.86. The number of nitrogens with zero attached hydrogens (tertiary/aromatic N) is 1. The van der Waals surface area contributed by atoms with Gasteiger partial charge in [0.15, 0.2) is 11.5 Å². The fourth-order valence-electron chi connectivity index (χ4n) is 4.17. The summed E-state index contributed by atoms with van der Waals surface area (Å²) in [7, 11) is 1.66. The predicted molar refractivity (Wildman–Crippen MR) is 124 cm³/mol. The van der Waals surface area contributed by atoms with Crippen LogP contribution in [-0.2, 0) is 11.3 Å². The second-order valence-corrected chi connectivity index (χ2v) is 8.15. The maximum atomic E-state index is 6.11. The van der Waals surface area contributed by atoms with Gasteiger partial charge in [-0.25, -0.2) is 0 Å². The number of hydrogen-bond donors (Lipinski definition) is 1. The molecule has 0 saturated carbocycles. The molecule has 6 nitrogen and oxygen atoms in total. The normalized spacial score (nSPS) is 20.5. The van der Waals surface area contributed by atoms with Gasteiger partial charge in [-0.3, -0.25) is 4.98 Å². The molecule has 2 atom stereocenters. The maximum Gasteiger partial charge on any atom is 0.161 e. The number of methoxy groups -OCH3 is 1. The Morgan fingerprint density at radius 1 is 1.09 bits per heavy atom. The third-order valence-corrected chi connectivity index (χ3v) is 5.97. The zero-order chi connectivity index (χ0) is 21.8. The molecular weight excluding hydrogens is 404 g/mol. The summed E-state index contributed by atoms with van der Waals surface area (Å²) >= 11 is 0. The number of hydrogen-bond acceptors (Lipinski definition) is 6. The van der Waals surface area contributed by atoms with Gasteiger partial charge in [0.2, 0.25) is 0 Å². The van der Waals surface area contributed by atoms with Crippen molar-refractivity contribution in [1.82, 2.24) is 10.3 Å². The van der Waals surface area contributed by atoms with Gasteiger partial charge < -0.3 is 24.3 Å². The van der Waals surface area contributed by atoms with Crippen molar-refractivity contribution in [2.75, 3.05) is 26.9 Å². The zero-order valence-electron chi connectivity index (χ0n) is 18.3. The fraction of sp³-hybridized carbons (Fsp3) is 0.346. The smallest absolute Gasteiger partial charge is 0.161 e. The number of rotatable bonds is 6. The van der Waals surface area contributed by atoms with Crippen molar-refractivity contribution in [2.45, 2.75) is 31.5 Å². The van der Waals surface area contributed by atoms with Crippen LogP contribution >= 0.6 is 0 Å². The van der Waals surface area contributed by atoms with Crippen molar-refractivity contribution in [3.05, 3.63) is 65.9 Å². The summed E-state index contributed by atoms with van der Waals surface area (Å²) in [4.78, 5) is 4.47. The van der Waals surface area contributed by atoms with Crippen LogP contribution in [0.25, 0.3) is 17.0 Å². The third kappa shape index (κ3) is 4.71. The molecule has 1 N–H and O–H groups in total. The first-order chi connectivity index (χ1) is 15.8. The lowest BCUT2D eigenvalue weighted by Gasteiger charge is -2.28. The second-order valence-electron chi connectivity index (χ2n) is 8.15. The highest BCUT2D eigenvalue weighted by molar-refractivity contribution is 5.88. The van der Waals surface area contributed by atoms with E-state index in [1.54, 1.807) is 13.3 Å². The molecule has 3 heterocycles. The summed E-state index contributed by atoms with van der Waals surface area (Å²) in [6.45, 7) is 2.71. The molecule has 0 spiro atoms. The molecule has 3 aromatic rings. The molecule has 0 amide bonds. The molecule has 0 radical (unpaired) electrons. The lowest BCUT2D eigenvalue weighted by molar-refractivity contribution is 0.0251. The van der Waals surface area contributed by atoms with Crippen molar-refractivity contribution in [1.29, 1.82) is 0 Å². The van der Waals surface area contributed by atoms with E-state index in [1.165, 1.54) is 5.56 Å². The van der Waals surface area contributed by atoms with E-state index in [9.17, 15) is 0 Å². The number of benzene rings is 2. The van der Waals surface area contributed by atoms with Crippen LogP contribution in [0.1, 0.15) is 24.0 Å². The van der Waals surface area contributed by atoms with Crippen LogP contribution in [0.2, 0.25) is 0 Å². The van der Waals surface area contributed by atoms with E-state index in [-0.39, 0.29) is 6.10 Å². The molecule has 1 aromatic heterocycles. The highest BCUT2D eigenvalue weighted by atomic mass is 16.6. The van der Waals surface area contributed by atoms with Crippen LogP contribution in [0.3, 0.4) is 0 Å². The average molecular weight is 433 g/mol. The van der Waals surface area contributed by atoms with Gasteiger partial charge in [0, 0.05) is 18.0 Å². The lowest BCUT2D eigenvalue weighted by atomic mass is 10.0. The first-order valence-electron chi connectivity index (χ1n) is 11.1. The van der Waals surface area contributed by atoms with Crippen LogP contribution in [-0.4, -0.2) is 44.1 Å². The fourth-order valence-corrected chi connectivity index (χ4v) is 4.17. The van der Waals surface area contributed by atoms with E-state index >= 15 is 0 Å². The van der Waals surface area contributed by atoms with E-state index in [1.807, 2.05) is 24.3 Å². The third-order valence-electron chi connectivity index (χ3n) is 5.97. The number of ether oxygens (including phenoxy) is 4. The standard InChI is InChI=1S/C26H28N2O4/c1-29-22-14-23-19(3-2-4-24(23)28-16-22)6-8-21-9-7-20(17-32-21)27-15-18-5-10-25-26(13-18)31-12-11-30-25/h2-6,8,10,13-14,16,20-21,27H,7,9,11-12,15,17H2,1H3/b8-6+/t20-,21-/m1/s1. The van der Waals surface area contributed by atoms with Gasteiger partial charge in [-0.1, -0.05) is 30.4 Å². The second kappa shape index (κ2) is 9.59. The van der Waals surface area contributed by atoms with E-state index in [0.717, 1.165) is 53.1 Å². The largest absolute Gasteiger partial charge is 0.495 e. The zero-order valence-corrected chi connectivity index (χ0v) is 18.3. The van der Waals surface area contributed by atoms with Crippen LogP contribution in [0.5, 0.6) is 17.2 Å². The molecule has 0 bridgehead atoms. The Labute approximate surface area is 188 Å². The van der Waals surface area contributed by atoms with Gasteiger partial charge in [-0.15, -0.1) is 0 Å². The van der Waals surface area contributed by atoms with E-state index in [4.69, 9.17) is 18.9 Å². The van der Waals surface area contributed by atoms with E-state index < -0.39 is 0 Å². The summed E-state index contributed by atoms with van der Waals surface area (Å²) < 4.78 is 22.7. The quantitative estimate of drug-likeness (QED) is 0.624. The summed E-state index contributed by atoms with van der Waals surface area (Å²) in [5.74, 6) is 2.43. The van der Waals surface area contributed by atoms with Gasteiger partial charge >= 0.3 is 0 Å². The Bertz CT molecular complexity index is 1110. The minimum atomic E-state index is 0.121. The van der Waals surface area contributed by atoms with Gasteiger partial charge in [-0.05, 0) is 48.2 Å². The monoisotopic (exact) mass is 432 g/mol. The van der Waals surface area contributed by atoms with E-state index in [2.05, 4.69) is 40.7 Å². The lowest BCUT2D eigenvalue weighted by Crippen LogP contribution is -2.38. The maximum absolute atomic E-state index is 6.11. The minimum Gasteiger partial charge on any atom is -0.495 e. The van der Waals surface area contributed by atoms with Gasteiger partial charge in [0.05, 0.1) is 31.5 Å². The number of pyridine rings is 1. The van der Waals surface area contributed by atoms with Gasteiger partial charge in [-0.2, -0.15) is 0 Å². The topological polar surface area (TPSA) is 61.8 Å². The van der Waals surface area contributed by atoms with E-state index in [0.29, 0.717) is 25.9 Å². The molecule has 166 valence electrons. The van der Waals surface area contributed by atoms with Crippen LogP contribution in [0, 0.1) is 0 Å². The molecule has 5 rings (SSSR count). The first-order valence-corrected chi connectivity index (χ1v) is 11.1. The number of fused-ring (bicyclic) bond motifs is 2. The molecule has 2 aliphatic heterocycles. The van der Waals surface area contributed by atoms with Crippen LogP contribution in [0.4, 0.5) is 0 Å². The summed E-state index contributed by atoms with van der Waals surface area (Å²) in [5, 5.41) is 4.69. The molecule has 2 aliphatic rings. The Morgan fingerprint density at radius 3 is 2.84 bits per heavy atom. The Morgan fingerprint density at radius 2 is 2.00 bits per heavy atom. The SMILES string of the molecule is COc1cnc2cccc(/C=C/[C@@H]3CC[C@@H](NCc4ccc5c(c4)OCCO5)CO3)c2c1. The molecule has 32 heavy (non-hydrogen) atoms. The molecule has 6 heteroatoms. The highest BCUT2D eigenvalue weighted by Crippen LogP contribution is 2.31.